The highest BCUT2D eigenvalue weighted by Gasteiger charge is 2.23. The molecule has 1 fully saturated rings. The third-order valence-corrected chi connectivity index (χ3v) is 5.30. The number of hydrogen-bond acceptors (Lipinski definition) is 4. The number of rotatable bonds is 4. The normalized spacial score (nSPS) is 19.2. The molecule has 0 saturated carbocycles. The molecule has 0 bridgehead atoms. The molecule has 0 N–H and O–H groups in total. The number of imidazole rings is 1. The van der Waals surface area contributed by atoms with E-state index in [-0.39, 0.29) is 0 Å². The highest BCUT2D eigenvalue weighted by Crippen LogP contribution is 2.23. The number of pyridine rings is 1. The lowest BCUT2D eigenvalue weighted by Crippen LogP contribution is -2.16. The summed E-state index contributed by atoms with van der Waals surface area (Å²) in [6.07, 6.45) is 4.18. The summed E-state index contributed by atoms with van der Waals surface area (Å²) in [5.41, 5.74) is 2.03. The van der Waals surface area contributed by atoms with E-state index < -0.39 is 0 Å². The van der Waals surface area contributed by atoms with E-state index in [4.69, 9.17) is 4.98 Å². The molecule has 4 rings (SSSR count). The highest BCUT2D eigenvalue weighted by atomic mass is 32.1. The third-order valence-electron chi connectivity index (χ3n) is 4.44. The quantitative estimate of drug-likeness (QED) is 0.742. The minimum absolute atomic E-state index is 0.712. The maximum atomic E-state index is 4.87. The van der Waals surface area contributed by atoms with E-state index in [1.54, 1.807) is 11.3 Å². The number of hydrogen-bond donors (Lipinski definition) is 0. The molecule has 1 aliphatic heterocycles. The smallest absolute Gasteiger partial charge is 0.160 e. The van der Waals surface area contributed by atoms with Crippen LogP contribution in [0.2, 0.25) is 0 Å². The molecule has 5 heteroatoms. The van der Waals surface area contributed by atoms with E-state index in [1.807, 2.05) is 12.3 Å². The topological polar surface area (TPSA) is 34.0 Å². The fourth-order valence-electron chi connectivity index (χ4n) is 3.34. The summed E-state index contributed by atoms with van der Waals surface area (Å²) in [7, 11) is 2.20. The summed E-state index contributed by atoms with van der Waals surface area (Å²) >= 11 is 1.80. The van der Waals surface area contributed by atoms with E-state index in [0.29, 0.717) is 5.92 Å². The molecule has 4 heterocycles. The predicted octanol–water partition coefficient (Wildman–Crippen LogP) is 3.04. The molecular formula is C17H20N4S. The first kappa shape index (κ1) is 13.9. The van der Waals surface area contributed by atoms with Crippen LogP contribution in [0, 0.1) is 5.92 Å². The van der Waals surface area contributed by atoms with Crippen LogP contribution in [0.1, 0.15) is 17.1 Å². The van der Waals surface area contributed by atoms with Gasteiger partial charge in [-0.05, 0) is 49.5 Å². The minimum atomic E-state index is 0.712. The lowest BCUT2D eigenvalue weighted by atomic mass is 10.0. The van der Waals surface area contributed by atoms with Gasteiger partial charge in [0.05, 0.1) is 6.54 Å². The average molecular weight is 312 g/mol. The first-order valence-corrected chi connectivity index (χ1v) is 8.68. The van der Waals surface area contributed by atoms with E-state index in [2.05, 4.69) is 45.1 Å². The molecule has 0 radical (unpaired) electrons. The summed E-state index contributed by atoms with van der Waals surface area (Å²) in [6, 6.07) is 8.33. The van der Waals surface area contributed by atoms with Gasteiger partial charge < -0.3 is 9.47 Å². The zero-order chi connectivity index (χ0) is 14.9. The molecule has 3 aromatic rings. The zero-order valence-electron chi connectivity index (χ0n) is 12.8. The lowest BCUT2D eigenvalue weighted by Gasteiger charge is -2.12. The number of fused-ring (bicyclic) bond motifs is 1. The average Bonchev–Trinajstić information content (AvgIpc) is 3.23. The van der Waals surface area contributed by atoms with Crippen LogP contribution < -0.4 is 0 Å². The summed E-state index contributed by atoms with van der Waals surface area (Å²) in [5.74, 6) is 1.89. The van der Waals surface area contributed by atoms with Crippen LogP contribution in [0.3, 0.4) is 0 Å². The molecule has 0 spiro atoms. The van der Waals surface area contributed by atoms with Crippen molar-refractivity contribution in [3.8, 4) is 0 Å². The van der Waals surface area contributed by atoms with Gasteiger partial charge in [0, 0.05) is 24.0 Å². The van der Waals surface area contributed by atoms with Crippen LogP contribution in [0.5, 0.6) is 0 Å². The van der Waals surface area contributed by atoms with Crippen molar-refractivity contribution in [3.63, 3.8) is 0 Å². The monoisotopic (exact) mass is 312 g/mol. The highest BCUT2D eigenvalue weighted by molar-refractivity contribution is 7.09. The van der Waals surface area contributed by atoms with E-state index in [0.717, 1.165) is 24.1 Å². The van der Waals surface area contributed by atoms with Crippen LogP contribution in [0.4, 0.5) is 0 Å². The van der Waals surface area contributed by atoms with Crippen molar-refractivity contribution < 1.29 is 0 Å². The molecule has 3 aromatic heterocycles. The van der Waals surface area contributed by atoms with Crippen LogP contribution in [-0.2, 0) is 13.0 Å². The summed E-state index contributed by atoms with van der Waals surface area (Å²) in [6.45, 7) is 3.26. The molecule has 4 nitrogen and oxygen atoms in total. The summed E-state index contributed by atoms with van der Waals surface area (Å²) in [4.78, 5) is 13.2. The van der Waals surface area contributed by atoms with Crippen molar-refractivity contribution in [1.29, 1.82) is 0 Å². The van der Waals surface area contributed by atoms with Gasteiger partial charge in [-0.15, -0.1) is 11.3 Å². The fourth-order valence-corrected chi connectivity index (χ4v) is 4.03. The molecular weight excluding hydrogens is 292 g/mol. The molecule has 1 saturated heterocycles. The van der Waals surface area contributed by atoms with Gasteiger partial charge >= 0.3 is 0 Å². The lowest BCUT2D eigenvalue weighted by molar-refractivity contribution is 0.391. The second-order valence-electron chi connectivity index (χ2n) is 6.16. The van der Waals surface area contributed by atoms with Gasteiger partial charge in [0.1, 0.15) is 11.3 Å². The van der Waals surface area contributed by atoms with Crippen molar-refractivity contribution in [2.45, 2.75) is 19.4 Å². The van der Waals surface area contributed by atoms with Crippen LogP contribution in [0.15, 0.2) is 35.8 Å². The second-order valence-corrected chi connectivity index (χ2v) is 7.19. The number of aromatic nitrogens is 3. The molecule has 1 aliphatic rings. The first-order chi connectivity index (χ1) is 10.8. The van der Waals surface area contributed by atoms with Gasteiger partial charge in [-0.1, -0.05) is 6.07 Å². The molecule has 1 atom stereocenters. The second kappa shape index (κ2) is 5.82. The van der Waals surface area contributed by atoms with Gasteiger partial charge in [-0.2, -0.15) is 0 Å². The van der Waals surface area contributed by atoms with Gasteiger partial charge in [0.25, 0.3) is 0 Å². The van der Waals surface area contributed by atoms with Crippen molar-refractivity contribution >= 4 is 22.5 Å². The van der Waals surface area contributed by atoms with Crippen molar-refractivity contribution in [2.24, 2.45) is 5.92 Å². The Morgan fingerprint density at radius 3 is 3.05 bits per heavy atom. The molecule has 1 unspecified atom stereocenters. The van der Waals surface area contributed by atoms with E-state index >= 15 is 0 Å². The Balaban J connectivity index is 1.69. The van der Waals surface area contributed by atoms with Gasteiger partial charge in [-0.3, -0.25) is 0 Å². The minimum Gasteiger partial charge on any atom is -0.307 e. The van der Waals surface area contributed by atoms with Gasteiger partial charge in [0.15, 0.2) is 5.65 Å². The summed E-state index contributed by atoms with van der Waals surface area (Å²) < 4.78 is 2.31. The van der Waals surface area contributed by atoms with Crippen molar-refractivity contribution in [3.05, 3.63) is 46.5 Å². The van der Waals surface area contributed by atoms with Crippen molar-refractivity contribution in [2.75, 3.05) is 20.1 Å². The fraction of sp³-hybridized carbons (Fsp3) is 0.412. The molecule has 0 aromatic carbocycles. The molecule has 0 aliphatic carbocycles. The Kier molecular flexibility index (Phi) is 3.68. The van der Waals surface area contributed by atoms with Crippen LogP contribution in [0.25, 0.3) is 11.2 Å². The maximum absolute atomic E-state index is 4.87. The first-order valence-electron chi connectivity index (χ1n) is 7.80. The SMILES string of the molecule is CN1CCC(Cc2nc3cccnc3n2Cc2cccs2)C1. The molecule has 114 valence electrons. The Hall–Kier alpha value is -1.72. The Bertz CT molecular complexity index is 762. The number of nitrogens with zero attached hydrogens (tertiary/aromatic N) is 4. The van der Waals surface area contributed by atoms with Crippen molar-refractivity contribution in [1.82, 2.24) is 19.4 Å². The third kappa shape index (κ3) is 2.66. The standard InChI is InChI=1S/C17H20N4S/c1-20-8-6-13(11-20)10-16-19-15-5-2-7-18-17(15)21(16)12-14-4-3-9-22-14/h2-5,7,9,13H,6,8,10-12H2,1H3. The zero-order valence-corrected chi connectivity index (χ0v) is 13.6. The van der Waals surface area contributed by atoms with Gasteiger partial charge in [-0.25, -0.2) is 9.97 Å². The largest absolute Gasteiger partial charge is 0.307 e. The van der Waals surface area contributed by atoms with E-state index in [9.17, 15) is 0 Å². The van der Waals surface area contributed by atoms with E-state index in [1.165, 1.54) is 30.2 Å². The Morgan fingerprint density at radius 1 is 1.32 bits per heavy atom. The van der Waals surface area contributed by atoms with Gasteiger partial charge in [0.2, 0.25) is 0 Å². The molecule has 0 amide bonds. The Labute approximate surface area is 134 Å². The maximum Gasteiger partial charge on any atom is 0.160 e. The Morgan fingerprint density at radius 2 is 2.27 bits per heavy atom. The molecule has 22 heavy (non-hydrogen) atoms. The number of thiophene rings is 1. The van der Waals surface area contributed by atoms with Crippen LogP contribution in [-0.4, -0.2) is 39.6 Å². The predicted molar refractivity (Wildman–Crippen MR) is 90.3 cm³/mol. The number of likely N-dealkylation sites (tertiary alicyclic amines) is 1. The summed E-state index contributed by atoms with van der Waals surface area (Å²) in [5, 5.41) is 2.13. The van der Waals surface area contributed by atoms with Crippen LogP contribution >= 0.6 is 11.3 Å².